The van der Waals surface area contributed by atoms with Gasteiger partial charge in [0.25, 0.3) is 11.5 Å². The number of carbonyl (C=O) groups excluding carboxylic acids is 2. The molecule has 7 nitrogen and oxygen atoms in total. The van der Waals surface area contributed by atoms with Crippen LogP contribution in [0.2, 0.25) is 0 Å². The summed E-state index contributed by atoms with van der Waals surface area (Å²) in [6.45, 7) is 1.56. The van der Waals surface area contributed by atoms with E-state index in [2.05, 4.69) is 5.10 Å². The van der Waals surface area contributed by atoms with Crippen molar-refractivity contribution < 1.29 is 45.2 Å². The molecule has 0 fully saturated rings. The van der Waals surface area contributed by atoms with E-state index >= 15 is 0 Å². The number of nitrogens with zero attached hydrogens (tertiary/aromatic N) is 2. The van der Waals surface area contributed by atoms with Gasteiger partial charge in [-0.05, 0) is 18.6 Å². The molecule has 0 amide bonds. The van der Waals surface area contributed by atoms with Crippen LogP contribution in [0.15, 0.2) is 29.4 Å². The van der Waals surface area contributed by atoms with Gasteiger partial charge in [0.2, 0.25) is 0 Å². The van der Waals surface area contributed by atoms with Crippen LogP contribution in [0.25, 0.3) is 0 Å². The number of nitro benzene ring substituents is 1. The number of hydrazone groups is 1. The van der Waals surface area contributed by atoms with E-state index in [1.54, 1.807) is 6.92 Å². The van der Waals surface area contributed by atoms with E-state index in [-0.39, 0.29) is 12.1 Å². The molecule has 0 aliphatic rings. The molecular weight excluding hydrogens is 431 g/mol. The molecule has 1 N–H and O–H groups in total. The van der Waals surface area contributed by atoms with Crippen molar-refractivity contribution in [3.05, 3.63) is 34.4 Å². The van der Waals surface area contributed by atoms with E-state index in [0.29, 0.717) is 6.42 Å². The first-order valence-electron chi connectivity index (χ1n) is 8.15. The lowest BCUT2D eigenvalue weighted by Crippen LogP contribution is -2.58. The third kappa shape index (κ3) is 5.30. The van der Waals surface area contributed by atoms with Crippen molar-refractivity contribution in [3.63, 3.8) is 0 Å². The summed E-state index contributed by atoms with van der Waals surface area (Å²) in [5.41, 5.74) is -0.548. The van der Waals surface area contributed by atoms with E-state index in [1.165, 1.54) is 0 Å². The highest BCUT2D eigenvalue weighted by Gasteiger charge is 2.76. The first-order chi connectivity index (χ1) is 13.7. The molecule has 0 heterocycles. The van der Waals surface area contributed by atoms with Crippen LogP contribution in [-0.2, 0) is 9.59 Å². The predicted molar refractivity (Wildman–Crippen MR) is 89.6 cm³/mol. The molecule has 0 aliphatic carbocycles. The van der Waals surface area contributed by atoms with Crippen molar-refractivity contribution in [1.29, 1.82) is 0 Å². The number of rotatable bonds is 10. The molecule has 0 saturated heterocycles. The number of nitrogens with one attached hydrogen (secondary N) is 1. The van der Waals surface area contributed by atoms with Crippen molar-refractivity contribution >= 4 is 28.7 Å². The highest BCUT2D eigenvalue weighted by Crippen LogP contribution is 2.47. The van der Waals surface area contributed by atoms with Crippen molar-refractivity contribution in [2.24, 2.45) is 5.10 Å². The van der Waals surface area contributed by atoms with Crippen LogP contribution in [0.3, 0.4) is 0 Å². The Bertz CT molecular complexity index is 836. The minimum atomic E-state index is -6.77. The Balaban J connectivity index is 3.31. The molecule has 1 aromatic rings. The number of hydrogen-bond acceptors (Lipinski definition) is 6. The largest absolute Gasteiger partial charge is 0.460 e. The summed E-state index contributed by atoms with van der Waals surface area (Å²) in [6.07, 6.45) is -7.05. The van der Waals surface area contributed by atoms with Gasteiger partial charge < -0.3 is 0 Å². The van der Waals surface area contributed by atoms with Gasteiger partial charge in [-0.15, -0.1) is 0 Å². The van der Waals surface area contributed by atoms with Crippen molar-refractivity contribution in [2.75, 3.05) is 5.43 Å². The topological polar surface area (TPSA) is 102 Å². The van der Waals surface area contributed by atoms with Gasteiger partial charge in [-0.2, -0.15) is 35.8 Å². The summed E-state index contributed by atoms with van der Waals surface area (Å²) >= 11 is 0. The second-order valence-electron chi connectivity index (χ2n) is 5.88. The van der Waals surface area contributed by atoms with E-state index in [1.807, 2.05) is 5.43 Å². The maximum atomic E-state index is 13.7. The van der Waals surface area contributed by atoms with Gasteiger partial charge >= 0.3 is 18.0 Å². The standard InChI is InChI=1S/C16H14F7N3O4/c1-2-3-4-11(27)12(13(28)14(17,18)15(19,20)16(21,22)23)25-24-9-5-7-10(8-6-9)26(29)30/h5-8,24H,2-4H2,1H3/b25-12-. The zero-order chi connectivity index (χ0) is 23.3. The highest BCUT2D eigenvalue weighted by molar-refractivity contribution is 6.67. The van der Waals surface area contributed by atoms with Gasteiger partial charge in [0, 0.05) is 18.6 Å². The molecule has 0 atom stereocenters. The fourth-order valence-electron chi connectivity index (χ4n) is 1.94. The number of anilines is 1. The maximum Gasteiger partial charge on any atom is 0.460 e. The summed E-state index contributed by atoms with van der Waals surface area (Å²) in [5.74, 6) is -17.6. The molecule has 1 rings (SSSR count). The number of hydrogen-bond donors (Lipinski definition) is 1. The number of non-ortho nitro benzene ring substituents is 1. The minimum absolute atomic E-state index is 0.0178. The lowest BCUT2D eigenvalue weighted by atomic mass is 9.98. The fraction of sp³-hybridized carbons (Fsp3) is 0.438. The Labute approximate surface area is 164 Å². The Morgan fingerprint density at radius 2 is 1.60 bits per heavy atom. The number of benzene rings is 1. The SMILES string of the molecule is CCCCC(=O)/C(=N/Nc1ccc([N+](=O)[O-])cc1)C(=O)C(F)(F)C(F)(F)C(F)(F)F. The molecule has 14 heteroatoms. The summed E-state index contributed by atoms with van der Waals surface area (Å²) < 4.78 is 90.8. The number of nitro groups is 1. The molecule has 166 valence electrons. The average Bonchev–Trinajstić information content (AvgIpc) is 2.65. The summed E-state index contributed by atoms with van der Waals surface area (Å²) in [5, 5.41) is 13.6. The summed E-state index contributed by atoms with van der Waals surface area (Å²) in [6, 6.07) is 3.79. The molecular formula is C16H14F7N3O4. The number of unbranched alkanes of at least 4 members (excludes halogenated alkanes) is 1. The van der Waals surface area contributed by atoms with Gasteiger partial charge in [-0.3, -0.25) is 25.1 Å². The van der Waals surface area contributed by atoms with E-state index in [9.17, 15) is 50.4 Å². The maximum absolute atomic E-state index is 13.7. The smallest absolute Gasteiger partial charge is 0.292 e. The van der Waals surface area contributed by atoms with Crippen LogP contribution in [0, 0.1) is 10.1 Å². The van der Waals surface area contributed by atoms with Crippen molar-refractivity contribution in [2.45, 2.75) is 44.2 Å². The fourth-order valence-corrected chi connectivity index (χ4v) is 1.94. The zero-order valence-corrected chi connectivity index (χ0v) is 15.1. The number of Topliss-reactive ketones (excluding diaryl/α,β-unsaturated/α-hetero) is 2. The molecule has 0 aliphatic heterocycles. The number of carbonyl (C=O) groups is 2. The molecule has 0 bridgehead atoms. The van der Waals surface area contributed by atoms with Crippen LogP contribution in [0.5, 0.6) is 0 Å². The molecule has 0 radical (unpaired) electrons. The Morgan fingerprint density at radius 3 is 2.03 bits per heavy atom. The molecule has 0 saturated carbocycles. The first kappa shape index (κ1) is 25.0. The van der Waals surface area contributed by atoms with Gasteiger partial charge in [0.05, 0.1) is 10.6 Å². The summed E-state index contributed by atoms with van der Waals surface area (Å²) in [7, 11) is 0. The van der Waals surface area contributed by atoms with Crippen LogP contribution in [0.4, 0.5) is 42.1 Å². The van der Waals surface area contributed by atoms with Crippen LogP contribution in [-0.4, -0.2) is 40.2 Å². The molecule has 0 spiro atoms. The van der Waals surface area contributed by atoms with E-state index in [4.69, 9.17) is 0 Å². The highest BCUT2D eigenvalue weighted by atomic mass is 19.4. The first-order valence-corrected chi connectivity index (χ1v) is 8.15. The Kier molecular flexibility index (Phi) is 7.64. The number of ketones is 2. The molecule has 30 heavy (non-hydrogen) atoms. The number of halogens is 7. The van der Waals surface area contributed by atoms with Gasteiger partial charge in [0.1, 0.15) is 0 Å². The third-order valence-electron chi connectivity index (χ3n) is 3.65. The third-order valence-corrected chi connectivity index (χ3v) is 3.65. The number of alkyl halides is 7. The van der Waals surface area contributed by atoms with E-state index in [0.717, 1.165) is 24.3 Å². The van der Waals surface area contributed by atoms with E-state index < -0.39 is 52.3 Å². The zero-order valence-electron chi connectivity index (χ0n) is 15.1. The van der Waals surface area contributed by atoms with Gasteiger partial charge in [0.15, 0.2) is 11.5 Å². The Morgan fingerprint density at radius 1 is 1.07 bits per heavy atom. The van der Waals surface area contributed by atoms with Crippen LogP contribution < -0.4 is 5.43 Å². The van der Waals surface area contributed by atoms with Crippen molar-refractivity contribution in [3.8, 4) is 0 Å². The van der Waals surface area contributed by atoms with Gasteiger partial charge in [-0.1, -0.05) is 13.3 Å². The monoisotopic (exact) mass is 445 g/mol. The average molecular weight is 445 g/mol. The quantitative estimate of drug-likeness (QED) is 0.188. The molecule has 0 aromatic heterocycles. The van der Waals surface area contributed by atoms with Gasteiger partial charge in [-0.25, -0.2) is 0 Å². The lowest BCUT2D eigenvalue weighted by Gasteiger charge is -2.27. The predicted octanol–water partition coefficient (Wildman–Crippen LogP) is 4.52. The Hall–Kier alpha value is -3.06. The van der Waals surface area contributed by atoms with Crippen molar-refractivity contribution in [1.82, 2.24) is 0 Å². The summed E-state index contributed by atoms with van der Waals surface area (Å²) in [4.78, 5) is 33.6. The lowest BCUT2D eigenvalue weighted by molar-refractivity contribution is -0.384. The normalized spacial score (nSPS) is 13.1. The van der Waals surface area contributed by atoms with Crippen LogP contribution >= 0.6 is 0 Å². The van der Waals surface area contributed by atoms with Crippen LogP contribution in [0.1, 0.15) is 26.2 Å². The second-order valence-corrected chi connectivity index (χ2v) is 5.88. The minimum Gasteiger partial charge on any atom is -0.292 e. The second kappa shape index (κ2) is 9.17. The molecule has 1 aromatic carbocycles. The molecule has 0 unspecified atom stereocenters.